The molecule has 2 fully saturated rings. The summed E-state index contributed by atoms with van der Waals surface area (Å²) in [5.74, 6) is 0.931. The summed E-state index contributed by atoms with van der Waals surface area (Å²) in [7, 11) is 1.63. The molecule has 7 nitrogen and oxygen atoms in total. The van der Waals surface area contributed by atoms with Crippen molar-refractivity contribution in [2.24, 2.45) is 10.8 Å². The number of pyridine rings is 1. The SMILES string of the molecule is COc1ccc2cc3c(nc2c1)N(NC(=O)[C@]12CC[C@](C)(C(=O)O1)C2(C)C)CC3. The van der Waals surface area contributed by atoms with E-state index in [4.69, 9.17) is 14.5 Å². The Bertz CT molecular complexity index is 1070. The van der Waals surface area contributed by atoms with Crippen LogP contribution in [0.2, 0.25) is 0 Å². The van der Waals surface area contributed by atoms with Gasteiger partial charge in [0.15, 0.2) is 11.4 Å². The fraction of sp³-hybridized carbons (Fsp3) is 0.500. The summed E-state index contributed by atoms with van der Waals surface area (Å²) >= 11 is 0. The van der Waals surface area contributed by atoms with E-state index in [0.717, 1.165) is 34.5 Å². The first-order valence-electron chi connectivity index (χ1n) is 10.0. The van der Waals surface area contributed by atoms with E-state index in [1.165, 1.54) is 0 Å². The van der Waals surface area contributed by atoms with Crippen molar-refractivity contribution < 1.29 is 19.1 Å². The van der Waals surface area contributed by atoms with Gasteiger partial charge in [0.1, 0.15) is 5.75 Å². The summed E-state index contributed by atoms with van der Waals surface area (Å²) in [4.78, 5) is 30.6. The number of nitrogens with one attached hydrogen (secondary N) is 1. The molecule has 2 aromatic rings. The first-order valence-corrected chi connectivity index (χ1v) is 10.0. The standard InChI is InChI=1S/C22H25N3O4/c1-20(2)21(3)8-9-22(20,29-19(21)27)18(26)24-25-10-7-14-11-13-5-6-15(28-4)12-16(13)23-17(14)25/h5-6,11-12H,7-10H2,1-4H3,(H,24,26)/t21-,22+/m1/s1. The van der Waals surface area contributed by atoms with Crippen molar-refractivity contribution in [2.45, 2.75) is 45.6 Å². The topological polar surface area (TPSA) is 80.8 Å². The van der Waals surface area contributed by atoms with E-state index in [9.17, 15) is 9.59 Å². The summed E-state index contributed by atoms with van der Waals surface area (Å²) in [6.45, 7) is 6.45. The molecule has 1 amide bonds. The number of benzene rings is 1. The summed E-state index contributed by atoms with van der Waals surface area (Å²) in [6, 6.07) is 7.89. The number of esters is 1. The number of hydrogen-bond donors (Lipinski definition) is 1. The van der Waals surface area contributed by atoms with Gasteiger partial charge in [-0.1, -0.05) is 13.8 Å². The molecule has 152 valence electrons. The highest BCUT2D eigenvalue weighted by molar-refractivity contribution is 5.97. The molecular formula is C22H25N3O4. The summed E-state index contributed by atoms with van der Waals surface area (Å²) in [5.41, 5.74) is 2.56. The van der Waals surface area contributed by atoms with Crippen LogP contribution in [0.5, 0.6) is 5.75 Å². The highest BCUT2D eigenvalue weighted by atomic mass is 16.6. The molecule has 3 heterocycles. The molecule has 1 aliphatic carbocycles. The van der Waals surface area contributed by atoms with Gasteiger partial charge in [-0.2, -0.15) is 0 Å². The molecule has 1 aromatic heterocycles. The number of rotatable bonds is 3. The van der Waals surface area contributed by atoms with E-state index in [1.807, 2.05) is 39.0 Å². The minimum absolute atomic E-state index is 0.266. The van der Waals surface area contributed by atoms with Gasteiger partial charge in [0, 0.05) is 23.4 Å². The monoisotopic (exact) mass is 395 g/mol. The molecule has 5 rings (SSSR count). The number of methoxy groups -OCH3 is 1. The Morgan fingerprint density at radius 1 is 1.24 bits per heavy atom. The lowest BCUT2D eigenvalue weighted by molar-refractivity contribution is -0.168. The van der Waals surface area contributed by atoms with Crippen LogP contribution in [-0.4, -0.2) is 36.1 Å². The third kappa shape index (κ3) is 2.16. The Hall–Kier alpha value is -2.83. The van der Waals surface area contributed by atoms with Gasteiger partial charge in [-0.15, -0.1) is 0 Å². The molecule has 2 bridgehead atoms. The van der Waals surface area contributed by atoms with Gasteiger partial charge in [-0.3, -0.25) is 20.0 Å². The molecule has 2 aliphatic heterocycles. The number of amides is 1. The number of anilines is 1. The maximum atomic E-state index is 13.4. The third-order valence-corrected chi connectivity index (χ3v) is 7.63. The average molecular weight is 395 g/mol. The van der Waals surface area contributed by atoms with E-state index in [1.54, 1.807) is 12.1 Å². The van der Waals surface area contributed by atoms with Crippen molar-refractivity contribution in [3.8, 4) is 5.75 Å². The smallest absolute Gasteiger partial charge is 0.313 e. The van der Waals surface area contributed by atoms with Gasteiger partial charge in [-0.25, -0.2) is 4.98 Å². The van der Waals surface area contributed by atoms with Crippen LogP contribution >= 0.6 is 0 Å². The Balaban J connectivity index is 1.47. The minimum Gasteiger partial charge on any atom is -0.497 e. The van der Waals surface area contributed by atoms with Crippen LogP contribution in [0.1, 0.15) is 39.2 Å². The average Bonchev–Trinajstić information content (AvgIpc) is 3.22. The Labute approximate surface area is 169 Å². The molecule has 1 aromatic carbocycles. The Morgan fingerprint density at radius 2 is 2.03 bits per heavy atom. The number of carbonyl (C=O) groups excluding carboxylic acids is 2. The highest BCUT2D eigenvalue weighted by Crippen LogP contribution is 2.65. The maximum absolute atomic E-state index is 13.4. The number of aromatic nitrogens is 1. The van der Waals surface area contributed by atoms with Gasteiger partial charge < -0.3 is 9.47 Å². The van der Waals surface area contributed by atoms with Crippen LogP contribution in [0.15, 0.2) is 24.3 Å². The van der Waals surface area contributed by atoms with E-state index in [-0.39, 0.29) is 11.9 Å². The van der Waals surface area contributed by atoms with Crippen molar-refractivity contribution in [2.75, 3.05) is 18.7 Å². The highest BCUT2D eigenvalue weighted by Gasteiger charge is 2.75. The molecule has 1 saturated heterocycles. The molecule has 1 saturated carbocycles. The minimum atomic E-state index is -1.14. The van der Waals surface area contributed by atoms with Crippen molar-refractivity contribution in [3.63, 3.8) is 0 Å². The zero-order valence-electron chi connectivity index (χ0n) is 17.2. The second-order valence-electron chi connectivity index (χ2n) is 9.05. The predicted molar refractivity (Wildman–Crippen MR) is 107 cm³/mol. The normalized spacial score (nSPS) is 29.1. The van der Waals surface area contributed by atoms with E-state index in [2.05, 4.69) is 11.5 Å². The molecule has 7 heteroatoms. The zero-order valence-corrected chi connectivity index (χ0v) is 17.2. The van der Waals surface area contributed by atoms with Crippen LogP contribution in [0.4, 0.5) is 5.82 Å². The van der Waals surface area contributed by atoms with Gasteiger partial charge in [0.05, 0.1) is 18.0 Å². The van der Waals surface area contributed by atoms with Crippen molar-refractivity contribution in [1.29, 1.82) is 0 Å². The maximum Gasteiger partial charge on any atom is 0.313 e. The number of hydrogen-bond acceptors (Lipinski definition) is 6. The first-order chi connectivity index (χ1) is 13.7. The zero-order chi connectivity index (χ0) is 20.6. The third-order valence-electron chi connectivity index (χ3n) is 7.63. The number of hydrazine groups is 1. The van der Waals surface area contributed by atoms with Gasteiger partial charge in [0.2, 0.25) is 0 Å². The number of ether oxygens (including phenoxy) is 2. The van der Waals surface area contributed by atoms with Crippen LogP contribution in [0, 0.1) is 10.8 Å². The molecule has 1 N–H and O–H groups in total. The summed E-state index contributed by atoms with van der Waals surface area (Å²) < 4.78 is 11.0. The van der Waals surface area contributed by atoms with Crippen molar-refractivity contribution >= 4 is 28.6 Å². The fourth-order valence-electron chi connectivity index (χ4n) is 5.13. The van der Waals surface area contributed by atoms with E-state index in [0.29, 0.717) is 19.4 Å². The van der Waals surface area contributed by atoms with Crippen molar-refractivity contribution in [3.05, 3.63) is 29.8 Å². The lowest BCUT2D eigenvalue weighted by Gasteiger charge is -2.36. The van der Waals surface area contributed by atoms with Gasteiger partial charge >= 0.3 is 5.97 Å². The Morgan fingerprint density at radius 3 is 2.69 bits per heavy atom. The Kier molecular flexibility index (Phi) is 3.53. The molecular weight excluding hydrogens is 370 g/mol. The lowest BCUT2D eigenvalue weighted by atomic mass is 9.66. The number of nitrogens with zero attached hydrogens (tertiary/aromatic N) is 2. The lowest BCUT2D eigenvalue weighted by Crippen LogP contribution is -2.57. The second kappa shape index (κ2) is 5.62. The largest absolute Gasteiger partial charge is 0.497 e. The summed E-state index contributed by atoms with van der Waals surface area (Å²) in [5, 5.41) is 2.82. The van der Waals surface area contributed by atoms with Gasteiger partial charge in [0.25, 0.3) is 5.91 Å². The predicted octanol–water partition coefficient (Wildman–Crippen LogP) is 2.76. The van der Waals surface area contributed by atoms with Crippen LogP contribution < -0.4 is 15.2 Å². The van der Waals surface area contributed by atoms with Crippen LogP contribution in [0.25, 0.3) is 10.9 Å². The second-order valence-corrected chi connectivity index (χ2v) is 9.05. The molecule has 3 aliphatic rings. The van der Waals surface area contributed by atoms with Gasteiger partial charge in [-0.05, 0) is 49.9 Å². The molecule has 2 atom stereocenters. The molecule has 29 heavy (non-hydrogen) atoms. The fourth-order valence-corrected chi connectivity index (χ4v) is 5.13. The van der Waals surface area contributed by atoms with Crippen LogP contribution in [-0.2, 0) is 20.7 Å². The van der Waals surface area contributed by atoms with Crippen LogP contribution in [0.3, 0.4) is 0 Å². The van der Waals surface area contributed by atoms with Crippen molar-refractivity contribution in [1.82, 2.24) is 10.4 Å². The molecule has 0 spiro atoms. The number of fused-ring (bicyclic) bond motifs is 4. The molecule has 0 unspecified atom stereocenters. The number of carbonyl (C=O) groups is 2. The van der Waals surface area contributed by atoms with E-state index >= 15 is 0 Å². The quantitative estimate of drug-likeness (QED) is 0.805. The first kappa shape index (κ1) is 18.2. The summed E-state index contributed by atoms with van der Waals surface area (Å²) in [6.07, 6.45) is 1.99. The van der Waals surface area contributed by atoms with E-state index < -0.39 is 16.4 Å². The molecule has 0 radical (unpaired) electrons.